The van der Waals surface area contributed by atoms with Crippen molar-refractivity contribution in [2.45, 2.75) is 0 Å². The lowest BCUT2D eigenvalue weighted by atomic mass is 10.0. The lowest BCUT2D eigenvalue weighted by molar-refractivity contribution is -0.139. The number of rotatable bonds is 5. The Morgan fingerprint density at radius 3 is 2.83 bits per heavy atom. The van der Waals surface area contributed by atoms with Crippen LogP contribution in [0.15, 0.2) is 51.8 Å². The molecule has 0 bridgehead atoms. The highest BCUT2D eigenvalue weighted by Gasteiger charge is 2.20. The number of H-pyrrole nitrogens is 2. The molecule has 0 radical (unpaired) electrons. The molecule has 5 aromatic rings. The number of carbonyl (C=O) groups is 1. The highest BCUT2D eigenvalue weighted by atomic mass is 16.5. The zero-order valence-corrected chi connectivity index (χ0v) is 15.7. The van der Waals surface area contributed by atoms with Crippen LogP contribution in [0.2, 0.25) is 0 Å². The van der Waals surface area contributed by atoms with E-state index in [0.717, 1.165) is 21.9 Å². The summed E-state index contributed by atoms with van der Waals surface area (Å²) in [5, 5.41) is 16.3. The van der Waals surface area contributed by atoms with E-state index in [4.69, 9.17) is 19.0 Å². The van der Waals surface area contributed by atoms with Crippen LogP contribution >= 0.6 is 0 Å². The molecule has 9 heteroatoms. The molecule has 0 aliphatic carbocycles. The second kappa shape index (κ2) is 6.66. The molecule has 150 valence electrons. The smallest absolute Gasteiger partial charge is 0.341 e. The van der Waals surface area contributed by atoms with E-state index in [2.05, 4.69) is 15.2 Å². The Labute approximate surface area is 167 Å². The molecule has 3 heterocycles. The van der Waals surface area contributed by atoms with Gasteiger partial charge in [-0.15, -0.1) is 0 Å². The van der Waals surface area contributed by atoms with Crippen molar-refractivity contribution in [1.82, 2.24) is 15.2 Å². The van der Waals surface area contributed by atoms with Gasteiger partial charge in [-0.1, -0.05) is 6.07 Å². The van der Waals surface area contributed by atoms with Crippen LogP contribution in [-0.2, 0) is 4.79 Å². The molecule has 0 saturated heterocycles. The maximum atomic E-state index is 11.8. The van der Waals surface area contributed by atoms with Gasteiger partial charge in [0.1, 0.15) is 11.1 Å². The number of nitrogens with zero attached hydrogens (tertiary/aromatic N) is 1. The van der Waals surface area contributed by atoms with E-state index in [1.165, 1.54) is 19.2 Å². The summed E-state index contributed by atoms with van der Waals surface area (Å²) in [6, 6.07) is 9.77. The number of benzene rings is 2. The van der Waals surface area contributed by atoms with E-state index < -0.39 is 12.6 Å². The number of hydrogen-bond donors (Lipinski definition) is 3. The summed E-state index contributed by atoms with van der Waals surface area (Å²) in [6.45, 7) is -0.479. The minimum Gasteiger partial charge on any atom is -0.493 e. The zero-order valence-electron chi connectivity index (χ0n) is 15.7. The van der Waals surface area contributed by atoms with Crippen LogP contribution in [0.4, 0.5) is 0 Å². The summed E-state index contributed by atoms with van der Waals surface area (Å²) in [7, 11) is 1.48. The summed E-state index contributed by atoms with van der Waals surface area (Å²) in [5.74, 6) is -0.391. The molecule has 0 aliphatic rings. The van der Waals surface area contributed by atoms with E-state index in [1.807, 2.05) is 0 Å². The molecular formula is C21H15N3O6. The number of carboxylic acid groups (broad SMARTS) is 1. The van der Waals surface area contributed by atoms with Gasteiger partial charge in [-0.2, -0.15) is 0 Å². The van der Waals surface area contributed by atoms with Crippen molar-refractivity contribution in [3.8, 4) is 22.6 Å². The number of aromatic nitrogens is 3. The Morgan fingerprint density at radius 1 is 1.17 bits per heavy atom. The van der Waals surface area contributed by atoms with Crippen LogP contribution in [0.1, 0.15) is 0 Å². The van der Waals surface area contributed by atoms with Crippen molar-refractivity contribution in [2.24, 2.45) is 0 Å². The summed E-state index contributed by atoms with van der Waals surface area (Å²) in [5.41, 5.74) is 3.57. The molecule has 3 aromatic heterocycles. The van der Waals surface area contributed by atoms with Crippen LogP contribution in [0.25, 0.3) is 44.2 Å². The predicted octanol–water partition coefficient (Wildman–Crippen LogP) is 3.29. The first-order chi connectivity index (χ1) is 14.5. The predicted molar refractivity (Wildman–Crippen MR) is 109 cm³/mol. The van der Waals surface area contributed by atoms with Gasteiger partial charge >= 0.3 is 5.97 Å². The Kier molecular flexibility index (Phi) is 3.95. The Hall–Kier alpha value is -4.27. The van der Waals surface area contributed by atoms with Gasteiger partial charge in [-0.3, -0.25) is 9.89 Å². The Balaban J connectivity index is 1.78. The first-order valence-electron chi connectivity index (χ1n) is 9.00. The molecule has 0 aliphatic heterocycles. The monoisotopic (exact) mass is 405 g/mol. The number of nitrogens with one attached hydrogen (secondary N) is 2. The molecular weight excluding hydrogens is 390 g/mol. The molecule has 0 atom stereocenters. The third-order valence-electron chi connectivity index (χ3n) is 4.82. The summed E-state index contributed by atoms with van der Waals surface area (Å²) in [4.78, 5) is 27.2. The number of fused-ring (bicyclic) bond motifs is 4. The second-order valence-electron chi connectivity index (χ2n) is 6.65. The van der Waals surface area contributed by atoms with Crippen LogP contribution < -0.4 is 14.9 Å². The fourth-order valence-corrected chi connectivity index (χ4v) is 3.54. The fourth-order valence-electron chi connectivity index (χ4n) is 3.54. The Morgan fingerprint density at radius 2 is 2.03 bits per heavy atom. The fraction of sp³-hybridized carbons (Fsp3) is 0.0952. The van der Waals surface area contributed by atoms with Crippen LogP contribution in [0, 0.1) is 0 Å². The molecule has 0 unspecified atom stereocenters. The van der Waals surface area contributed by atoms with Gasteiger partial charge in [0.15, 0.2) is 34.8 Å². The van der Waals surface area contributed by atoms with Crippen LogP contribution in [0.5, 0.6) is 11.5 Å². The van der Waals surface area contributed by atoms with Gasteiger partial charge in [0.05, 0.1) is 7.11 Å². The van der Waals surface area contributed by atoms with E-state index in [9.17, 15) is 9.59 Å². The number of pyridine rings is 1. The molecule has 0 amide bonds. The maximum Gasteiger partial charge on any atom is 0.341 e. The molecule has 0 fully saturated rings. The zero-order chi connectivity index (χ0) is 20.8. The first kappa shape index (κ1) is 17.8. The third-order valence-corrected chi connectivity index (χ3v) is 4.82. The normalized spacial score (nSPS) is 11.4. The maximum absolute atomic E-state index is 11.8. The standard InChI is InChI=1S/C21H15N3O6/c1-28-16-6-10(2-5-14(16)29-9-17(26)27)18-13-8-22-24-21(13)23-19-12-4-3-11(25)7-15(12)30-20(18)19/h2-8H,9H2,1H3,(H,26,27)(H2,22,23,24). The molecule has 0 spiro atoms. The van der Waals surface area contributed by atoms with Gasteiger partial charge in [-0.25, -0.2) is 9.78 Å². The number of ether oxygens (including phenoxy) is 2. The molecule has 3 N–H and O–H groups in total. The van der Waals surface area contributed by atoms with Gasteiger partial charge in [0.25, 0.3) is 0 Å². The van der Waals surface area contributed by atoms with E-state index in [-0.39, 0.29) is 5.43 Å². The quantitative estimate of drug-likeness (QED) is 0.409. The van der Waals surface area contributed by atoms with E-state index >= 15 is 0 Å². The summed E-state index contributed by atoms with van der Waals surface area (Å²) >= 11 is 0. The summed E-state index contributed by atoms with van der Waals surface area (Å²) < 4.78 is 16.7. The highest BCUT2D eigenvalue weighted by molar-refractivity contribution is 6.14. The van der Waals surface area contributed by atoms with Crippen molar-refractivity contribution in [3.05, 3.63) is 52.8 Å². The minimum atomic E-state index is -1.08. The van der Waals surface area contributed by atoms with Gasteiger partial charge < -0.3 is 24.1 Å². The highest BCUT2D eigenvalue weighted by Crippen LogP contribution is 2.41. The lowest BCUT2D eigenvalue weighted by Crippen LogP contribution is -2.10. The van der Waals surface area contributed by atoms with Gasteiger partial charge in [-0.05, 0) is 29.8 Å². The minimum absolute atomic E-state index is 0.149. The average Bonchev–Trinajstić information content (AvgIpc) is 3.34. The first-order valence-corrected chi connectivity index (χ1v) is 9.00. The van der Waals surface area contributed by atoms with Crippen molar-refractivity contribution in [2.75, 3.05) is 13.7 Å². The molecule has 0 saturated carbocycles. The number of hydrogen-bond acceptors (Lipinski definition) is 6. The Bertz CT molecular complexity index is 1490. The largest absolute Gasteiger partial charge is 0.493 e. The molecule has 2 aromatic carbocycles. The van der Waals surface area contributed by atoms with Crippen LogP contribution in [0.3, 0.4) is 0 Å². The average molecular weight is 405 g/mol. The number of aliphatic carboxylic acids is 1. The second-order valence-corrected chi connectivity index (χ2v) is 6.65. The molecule has 9 nitrogen and oxygen atoms in total. The summed E-state index contributed by atoms with van der Waals surface area (Å²) in [6.07, 6.45) is 1.77. The number of methoxy groups -OCH3 is 1. The van der Waals surface area contributed by atoms with Crippen molar-refractivity contribution >= 4 is 39.1 Å². The molecule has 5 rings (SSSR count). The van der Waals surface area contributed by atoms with Gasteiger partial charge in [0.2, 0.25) is 0 Å². The third kappa shape index (κ3) is 2.75. The lowest BCUT2D eigenvalue weighted by Gasteiger charge is -2.12. The van der Waals surface area contributed by atoms with Crippen molar-refractivity contribution < 1.29 is 23.8 Å². The van der Waals surface area contributed by atoms with E-state index in [0.29, 0.717) is 33.8 Å². The van der Waals surface area contributed by atoms with Crippen molar-refractivity contribution in [1.29, 1.82) is 0 Å². The number of aromatic amines is 2. The van der Waals surface area contributed by atoms with Crippen molar-refractivity contribution in [3.63, 3.8) is 0 Å². The number of carboxylic acids is 1. The van der Waals surface area contributed by atoms with E-state index in [1.54, 1.807) is 30.5 Å². The van der Waals surface area contributed by atoms with Crippen LogP contribution in [-0.4, -0.2) is 40.0 Å². The molecule has 30 heavy (non-hydrogen) atoms. The van der Waals surface area contributed by atoms with Gasteiger partial charge in [0, 0.05) is 28.6 Å². The number of furan rings is 1. The topological polar surface area (TPSA) is 130 Å². The SMILES string of the molecule is COc1cc(-c2c3c[nH][nH]c3nc3c2oc2cc(=O)ccc23)ccc1OCC(=O)O.